The molecule has 0 aromatic rings. The Morgan fingerprint density at radius 3 is 2.77 bits per heavy atom. The zero-order chi connectivity index (χ0) is 9.36. The summed E-state index contributed by atoms with van der Waals surface area (Å²) in [6, 6.07) is 0. The molecule has 0 radical (unpaired) electrons. The van der Waals surface area contributed by atoms with E-state index in [2.05, 4.69) is 31.2 Å². The van der Waals surface area contributed by atoms with Gasteiger partial charge in [-0.05, 0) is 19.3 Å². The van der Waals surface area contributed by atoms with Gasteiger partial charge in [0.1, 0.15) is 0 Å². The lowest BCUT2D eigenvalue weighted by atomic mass is 10.2. The molecule has 1 fully saturated rings. The lowest BCUT2D eigenvalue weighted by Crippen LogP contribution is -1.73. The van der Waals surface area contributed by atoms with E-state index in [1.807, 2.05) is 0 Å². The van der Waals surface area contributed by atoms with Crippen molar-refractivity contribution in [3.05, 3.63) is 24.3 Å². The maximum Gasteiger partial charge on any atom is 0.0991 e. The average Bonchev–Trinajstić information content (AvgIpc) is 2.93. The summed E-state index contributed by atoms with van der Waals surface area (Å²) in [6.07, 6.45) is 15.6. The molecule has 1 aliphatic rings. The minimum Gasteiger partial charge on any atom is -0.369 e. The number of rotatable bonds is 7. The molecule has 0 saturated carbocycles. The van der Waals surface area contributed by atoms with E-state index >= 15 is 0 Å². The van der Waals surface area contributed by atoms with Gasteiger partial charge in [-0.25, -0.2) is 0 Å². The van der Waals surface area contributed by atoms with Crippen LogP contribution in [0.25, 0.3) is 0 Å². The summed E-state index contributed by atoms with van der Waals surface area (Å²) in [5.41, 5.74) is 0. The molecule has 1 unspecified atom stereocenters. The first-order chi connectivity index (χ1) is 6.43. The van der Waals surface area contributed by atoms with Crippen molar-refractivity contribution in [2.45, 2.75) is 45.1 Å². The van der Waals surface area contributed by atoms with E-state index in [0.29, 0.717) is 6.10 Å². The predicted molar refractivity (Wildman–Crippen MR) is 56.8 cm³/mol. The Kier molecular flexibility index (Phi) is 5.59. The van der Waals surface area contributed by atoms with Crippen molar-refractivity contribution in [2.75, 3.05) is 6.61 Å². The van der Waals surface area contributed by atoms with Crippen molar-refractivity contribution in [1.29, 1.82) is 0 Å². The van der Waals surface area contributed by atoms with E-state index in [-0.39, 0.29) is 0 Å². The number of hydrogen-bond acceptors (Lipinski definition) is 1. The Labute approximate surface area is 81.5 Å². The third kappa shape index (κ3) is 6.59. The summed E-state index contributed by atoms with van der Waals surface area (Å²) in [5, 5.41) is 0. The third-order valence-electron chi connectivity index (χ3n) is 2.12. The van der Waals surface area contributed by atoms with Gasteiger partial charge in [-0.1, -0.05) is 44.1 Å². The number of allylic oxidation sites excluding steroid dienone is 3. The molecule has 74 valence electrons. The molecule has 0 bridgehead atoms. The van der Waals surface area contributed by atoms with E-state index in [9.17, 15) is 0 Å². The van der Waals surface area contributed by atoms with Gasteiger partial charge >= 0.3 is 0 Å². The molecule has 1 heterocycles. The largest absolute Gasteiger partial charge is 0.369 e. The molecule has 0 aromatic heterocycles. The molecule has 1 aliphatic heterocycles. The van der Waals surface area contributed by atoms with Crippen LogP contribution in [-0.2, 0) is 4.74 Å². The molecule has 0 aromatic carbocycles. The summed E-state index contributed by atoms with van der Waals surface area (Å²) in [4.78, 5) is 0. The first-order valence-electron chi connectivity index (χ1n) is 5.36. The van der Waals surface area contributed by atoms with Crippen molar-refractivity contribution in [1.82, 2.24) is 0 Å². The highest BCUT2D eigenvalue weighted by Crippen LogP contribution is 2.10. The van der Waals surface area contributed by atoms with Gasteiger partial charge in [0.25, 0.3) is 0 Å². The zero-order valence-electron chi connectivity index (χ0n) is 8.54. The van der Waals surface area contributed by atoms with Gasteiger partial charge in [-0.2, -0.15) is 0 Å². The number of epoxide rings is 1. The molecular weight excluding hydrogens is 160 g/mol. The van der Waals surface area contributed by atoms with Crippen LogP contribution >= 0.6 is 0 Å². The van der Waals surface area contributed by atoms with Gasteiger partial charge in [0.2, 0.25) is 0 Å². The first-order valence-corrected chi connectivity index (χ1v) is 5.36. The third-order valence-corrected chi connectivity index (χ3v) is 2.12. The fourth-order valence-corrected chi connectivity index (χ4v) is 1.20. The van der Waals surface area contributed by atoms with Gasteiger partial charge in [-0.15, -0.1) is 0 Å². The van der Waals surface area contributed by atoms with Crippen LogP contribution in [0, 0.1) is 0 Å². The highest BCUT2D eigenvalue weighted by molar-refractivity contribution is 4.99. The molecule has 1 atom stereocenters. The lowest BCUT2D eigenvalue weighted by Gasteiger charge is -1.90. The van der Waals surface area contributed by atoms with Gasteiger partial charge in [0, 0.05) is 0 Å². The van der Waals surface area contributed by atoms with Gasteiger partial charge < -0.3 is 4.74 Å². The molecule has 13 heavy (non-hydrogen) atoms. The quantitative estimate of drug-likeness (QED) is 0.332. The molecule has 1 nitrogen and oxygen atoms in total. The fraction of sp³-hybridized carbons (Fsp3) is 0.667. The van der Waals surface area contributed by atoms with Crippen molar-refractivity contribution in [2.24, 2.45) is 0 Å². The van der Waals surface area contributed by atoms with E-state index in [0.717, 1.165) is 13.0 Å². The standard InChI is InChI=1S/C12H20O/c1-2-3-4-5-6-7-8-9-10-12-11-13-12/h6-7,9-10,12H,2-5,8,11H2,1H3/b7-6-,10-9-. The summed E-state index contributed by atoms with van der Waals surface area (Å²) in [5.74, 6) is 0. The summed E-state index contributed by atoms with van der Waals surface area (Å²) in [6.45, 7) is 3.17. The van der Waals surface area contributed by atoms with Crippen LogP contribution in [0.5, 0.6) is 0 Å². The summed E-state index contributed by atoms with van der Waals surface area (Å²) in [7, 11) is 0. The Balaban J connectivity index is 1.85. The van der Waals surface area contributed by atoms with E-state index in [1.54, 1.807) is 0 Å². The number of hydrogen-bond donors (Lipinski definition) is 0. The van der Waals surface area contributed by atoms with E-state index in [4.69, 9.17) is 4.74 Å². The van der Waals surface area contributed by atoms with Gasteiger partial charge in [-0.3, -0.25) is 0 Å². The molecule has 0 aliphatic carbocycles. The lowest BCUT2D eigenvalue weighted by molar-refractivity contribution is 0.440. The van der Waals surface area contributed by atoms with Crippen molar-refractivity contribution < 1.29 is 4.74 Å². The minimum absolute atomic E-state index is 0.438. The normalized spacial score (nSPS) is 21.8. The Hall–Kier alpha value is -0.560. The van der Waals surface area contributed by atoms with Crippen molar-refractivity contribution in [3.63, 3.8) is 0 Å². The van der Waals surface area contributed by atoms with Crippen molar-refractivity contribution >= 4 is 0 Å². The molecular formula is C12H20O. The molecule has 1 heteroatoms. The van der Waals surface area contributed by atoms with Gasteiger partial charge in [0.15, 0.2) is 0 Å². The smallest absolute Gasteiger partial charge is 0.0991 e. The monoisotopic (exact) mass is 180 g/mol. The van der Waals surface area contributed by atoms with Crippen LogP contribution in [0.4, 0.5) is 0 Å². The van der Waals surface area contributed by atoms with Crippen LogP contribution in [0.2, 0.25) is 0 Å². The Morgan fingerprint density at radius 1 is 1.23 bits per heavy atom. The van der Waals surface area contributed by atoms with Crippen LogP contribution in [0.3, 0.4) is 0 Å². The molecule has 0 N–H and O–H groups in total. The Morgan fingerprint density at radius 2 is 2.08 bits per heavy atom. The van der Waals surface area contributed by atoms with Crippen LogP contribution in [-0.4, -0.2) is 12.7 Å². The highest BCUT2D eigenvalue weighted by Gasteiger charge is 2.17. The van der Waals surface area contributed by atoms with E-state index < -0.39 is 0 Å². The topological polar surface area (TPSA) is 12.5 Å². The minimum atomic E-state index is 0.438. The second-order valence-electron chi connectivity index (χ2n) is 3.50. The fourth-order valence-electron chi connectivity index (χ4n) is 1.20. The zero-order valence-corrected chi connectivity index (χ0v) is 8.54. The summed E-state index contributed by atoms with van der Waals surface area (Å²) >= 11 is 0. The Bertz CT molecular complexity index is 166. The maximum absolute atomic E-state index is 5.06. The first kappa shape index (κ1) is 10.5. The second-order valence-corrected chi connectivity index (χ2v) is 3.50. The van der Waals surface area contributed by atoms with Crippen LogP contribution in [0.1, 0.15) is 39.0 Å². The number of ether oxygens (including phenoxy) is 1. The molecule has 1 saturated heterocycles. The molecule has 1 rings (SSSR count). The maximum atomic E-state index is 5.06. The SMILES string of the molecule is CCCCC/C=C\C/C=C\C1CO1. The van der Waals surface area contributed by atoms with Crippen molar-refractivity contribution in [3.8, 4) is 0 Å². The number of unbranched alkanes of at least 4 members (excludes halogenated alkanes) is 3. The average molecular weight is 180 g/mol. The van der Waals surface area contributed by atoms with E-state index in [1.165, 1.54) is 25.7 Å². The summed E-state index contributed by atoms with van der Waals surface area (Å²) < 4.78 is 5.06. The highest BCUT2D eigenvalue weighted by atomic mass is 16.6. The van der Waals surface area contributed by atoms with Gasteiger partial charge in [0.05, 0.1) is 12.7 Å². The molecule has 0 amide bonds. The second kappa shape index (κ2) is 6.90. The molecule has 0 spiro atoms. The van der Waals surface area contributed by atoms with Crippen LogP contribution in [0.15, 0.2) is 24.3 Å². The predicted octanol–water partition coefficient (Wildman–Crippen LogP) is 3.47. The van der Waals surface area contributed by atoms with Crippen LogP contribution < -0.4 is 0 Å².